The summed E-state index contributed by atoms with van der Waals surface area (Å²) in [5.41, 5.74) is -1.55. The Bertz CT molecular complexity index is 611. The van der Waals surface area contributed by atoms with Gasteiger partial charge >= 0.3 is 6.09 Å². The highest BCUT2D eigenvalue weighted by atomic mass is 16.6. The van der Waals surface area contributed by atoms with Crippen molar-refractivity contribution >= 4 is 12.0 Å². The van der Waals surface area contributed by atoms with Gasteiger partial charge in [-0.05, 0) is 40.7 Å². The van der Waals surface area contributed by atoms with E-state index in [0.717, 1.165) is 0 Å². The van der Waals surface area contributed by atoms with Crippen molar-refractivity contribution in [2.45, 2.75) is 45.8 Å². The predicted molar refractivity (Wildman–Crippen MR) is 85.3 cm³/mol. The smallest absolute Gasteiger partial charge is 0.408 e. The van der Waals surface area contributed by atoms with Crippen molar-refractivity contribution in [2.24, 2.45) is 0 Å². The molecule has 0 radical (unpaired) electrons. The van der Waals surface area contributed by atoms with Gasteiger partial charge in [-0.25, -0.2) is 9.89 Å². The van der Waals surface area contributed by atoms with Crippen molar-refractivity contribution in [3.05, 3.63) is 28.2 Å². The molecule has 128 valence electrons. The molecule has 2 amide bonds. The summed E-state index contributed by atoms with van der Waals surface area (Å²) in [4.78, 5) is 36.5. The summed E-state index contributed by atoms with van der Waals surface area (Å²) in [5.74, 6) is -0.361. The van der Waals surface area contributed by atoms with Crippen molar-refractivity contribution in [1.82, 2.24) is 20.4 Å². The topological polar surface area (TPSA) is 104 Å². The van der Waals surface area contributed by atoms with Crippen LogP contribution < -0.4 is 10.9 Å². The molecule has 0 bridgehead atoms. The number of hydrogen-bond acceptors (Lipinski definition) is 5. The zero-order chi connectivity index (χ0) is 17.8. The minimum absolute atomic E-state index is 0.125. The second-order valence-electron chi connectivity index (χ2n) is 6.98. The molecule has 23 heavy (non-hydrogen) atoms. The van der Waals surface area contributed by atoms with Crippen LogP contribution in [0.3, 0.4) is 0 Å². The van der Waals surface area contributed by atoms with Gasteiger partial charge in [0, 0.05) is 19.7 Å². The van der Waals surface area contributed by atoms with E-state index in [1.54, 1.807) is 41.7 Å². The Balaban J connectivity index is 2.68. The lowest BCUT2D eigenvalue weighted by atomic mass is 10.1. The van der Waals surface area contributed by atoms with Gasteiger partial charge in [-0.3, -0.25) is 9.59 Å². The van der Waals surface area contributed by atoms with Gasteiger partial charge in [-0.2, -0.15) is 5.10 Å². The molecule has 0 fully saturated rings. The van der Waals surface area contributed by atoms with Crippen molar-refractivity contribution in [1.29, 1.82) is 0 Å². The molecule has 8 heteroatoms. The van der Waals surface area contributed by atoms with Crippen molar-refractivity contribution in [2.75, 3.05) is 13.6 Å². The maximum atomic E-state index is 12.2. The molecule has 1 aromatic rings. The first-order valence-electron chi connectivity index (χ1n) is 7.22. The van der Waals surface area contributed by atoms with Crippen LogP contribution in [-0.4, -0.2) is 51.8 Å². The van der Waals surface area contributed by atoms with E-state index in [4.69, 9.17) is 4.74 Å². The first-order valence-corrected chi connectivity index (χ1v) is 7.22. The number of ether oxygens (including phenoxy) is 1. The number of nitrogens with zero attached hydrogens (tertiary/aromatic N) is 2. The third kappa shape index (κ3) is 6.50. The second kappa shape index (κ2) is 6.80. The molecule has 0 saturated heterocycles. The van der Waals surface area contributed by atoms with Crippen LogP contribution in [0.5, 0.6) is 0 Å². The Morgan fingerprint density at radius 2 is 1.87 bits per heavy atom. The minimum atomic E-state index is -0.699. The number of hydrogen-bond donors (Lipinski definition) is 2. The van der Waals surface area contributed by atoms with Crippen LogP contribution in [0.1, 0.15) is 45.1 Å². The normalized spacial score (nSPS) is 11.7. The van der Waals surface area contributed by atoms with Crippen LogP contribution in [-0.2, 0) is 4.74 Å². The quantitative estimate of drug-likeness (QED) is 0.864. The molecular formula is C15H24N4O4. The van der Waals surface area contributed by atoms with Crippen molar-refractivity contribution in [3.8, 4) is 0 Å². The number of aromatic amines is 1. The maximum absolute atomic E-state index is 12.2. The van der Waals surface area contributed by atoms with Crippen LogP contribution in [0, 0.1) is 0 Å². The zero-order valence-electron chi connectivity index (χ0n) is 14.4. The third-order valence-corrected chi connectivity index (χ3v) is 2.72. The largest absolute Gasteiger partial charge is 0.444 e. The lowest BCUT2D eigenvalue weighted by Crippen LogP contribution is -2.53. The summed E-state index contributed by atoms with van der Waals surface area (Å²) in [7, 11) is 1.59. The monoisotopic (exact) mass is 324 g/mol. The molecule has 0 spiro atoms. The van der Waals surface area contributed by atoms with E-state index >= 15 is 0 Å². The van der Waals surface area contributed by atoms with E-state index in [0.29, 0.717) is 0 Å². The number of H-pyrrole nitrogens is 1. The molecule has 0 saturated carbocycles. The Morgan fingerprint density at radius 3 is 2.35 bits per heavy atom. The van der Waals surface area contributed by atoms with E-state index in [-0.39, 0.29) is 23.7 Å². The number of nitrogens with one attached hydrogen (secondary N) is 2. The van der Waals surface area contributed by atoms with E-state index in [1.165, 1.54) is 17.0 Å². The van der Waals surface area contributed by atoms with Gasteiger partial charge in [0.1, 0.15) is 11.3 Å². The standard InChI is InChI=1S/C15H24N4O4/c1-14(2,3)23-13(22)16-15(4,5)9-19(6)12(21)10-7-8-11(20)18-17-10/h7-8H,9H2,1-6H3,(H,16,22)(H,18,20). The Labute approximate surface area is 135 Å². The SMILES string of the molecule is CN(CC(C)(C)NC(=O)OC(C)(C)C)C(=O)c1ccc(=O)[nH]n1. The minimum Gasteiger partial charge on any atom is -0.444 e. The van der Waals surface area contributed by atoms with Crippen LogP contribution in [0.4, 0.5) is 4.79 Å². The van der Waals surface area contributed by atoms with Gasteiger partial charge in [-0.15, -0.1) is 0 Å². The predicted octanol–water partition coefficient (Wildman–Crippen LogP) is 1.15. The summed E-state index contributed by atoms with van der Waals surface area (Å²) < 4.78 is 5.21. The van der Waals surface area contributed by atoms with Crippen LogP contribution in [0.15, 0.2) is 16.9 Å². The highest BCUT2D eigenvalue weighted by Gasteiger charge is 2.28. The van der Waals surface area contributed by atoms with Gasteiger partial charge in [0.05, 0.1) is 5.54 Å². The van der Waals surface area contributed by atoms with E-state index in [9.17, 15) is 14.4 Å². The van der Waals surface area contributed by atoms with E-state index in [1.807, 2.05) is 0 Å². The molecule has 1 heterocycles. The van der Waals surface area contributed by atoms with E-state index in [2.05, 4.69) is 15.5 Å². The number of alkyl carbamates (subject to hydrolysis) is 1. The lowest BCUT2D eigenvalue weighted by molar-refractivity contribution is 0.0441. The fraction of sp³-hybridized carbons (Fsp3) is 0.600. The molecular weight excluding hydrogens is 300 g/mol. The molecule has 0 aliphatic heterocycles. The summed E-state index contributed by atoms with van der Waals surface area (Å²) in [6.45, 7) is 9.12. The fourth-order valence-corrected chi connectivity index (χ4v) is 1.94. The molecule has 0 aliphatic rings. The first kappa shape index (κ1) is 18.7. The van der Waals surface area contributed by atoms with Crippen LogP contribution in [0.2, 0.25) is 0 Å². The number of likely N-dealkylation sites (N-methyl/N-ethyl adjacent to an activating group) is 1. The fourth-order valence-electron chi connectivity index (χ4n) is 1.94. The molecule has 0 atom stereocenters. The molecule has 1 aromatic heterocycles. The Morgan fingerprint density at radius 1 is 1.26 bits per heavy atom. The molecule has 0 unspecified atom stereocenters. The van der Waals surface area contributed by atoms with Gasteiger partial charge in [0.15, 0.2) is 0 Å². The van der Waals surface area contributed by atoms with Gasteiger partial charge in [0.25, 0.3) is 11.5 Å². The number of amides is 2. The van der Waals surface area contributed by atoms with Gasteiger partial charge in [0.2, 0.25) is 0 Å². The zero-order valence-corrected chi connectivity index (χ0v) is 14.4. The third-order valence-electron chi connectivity index (χ3n) is 2.72. The number of carbonyl (C=O) groups is 2. The Kier molecular flexibility index (Phi) is 5.52. The molecule has 1 rings (SSSR count). The van der Waals surface area contributed by atoms with Crippen molar-refractivity contribution in [3.63, 3.8) is 0 Å². The van der Waals surface area contributed by atoms with E-state index < -0.39 is 17.2 Å². The summed E-state index contributed by atoms with van der Waals surface area (Å²) in [6, 6.07) is 2.59. The van der Waals surface area contributed by atoms with Crippen molar-refractivity contribution < 1.29 is 14.3 Å². The molecule has 2 N–H and O–H groups in total. The number of rotatable bonds is 4. The number of carbonyl (C=O) groups excluding carboxylic acids is 2. The van der Waals surface area contributed by atoms with Gasteiger partial charge < -0.3 is 15.0 Å². The highest BCUT2D eigenvalue weighted by Crippen LogP contribution is 2.11. The average molecular weight is 324 g/mol. The summed E-state index contributed by atoms with van der Waals surface area (Å²) in [6.07, 6.45) is -0.550. The highest BCUT2D eigenvalue weighted by molar-refractivity contribution is 5.91. The average Bonchev–Trinajstić information content (AvgIpc) is 2.34. The first-order chi connectivity index (χ1) is 10.4. The summed E-state index contributed by atoms with van der Waals surface area (Å²) in [5, 5.41) is 8.64. The lowest BCUT2D eigenvalue weighted by Gasteiger charge is -2.32. The maximum Gasteiger partial charge on any atom is 0.408 e. The Hall–Kier alpha value is -2.38. The molecule has 0 aromatic carbocycles. The van der Waals surface area contributed by atoms with Gasteiger partial charge in [-0.1, -0.05) is 0 Å². The van der Waals surface area contributed by atoms with Crippen LogP contribution in [0.25, 0.3) is 0 Å². The molecule has 8 nitrogen and oxygen atoms in total. The second-order valence-corrected chi connectivity index (χ2v) is 6.98. The summed E-state index contributed by atoms with van der Waals surface area (Å²) >= 11 is 0. The number of aromatic nitrogens is 2. The molecule has 0 aliphatic carbocycles. The van der Waals surface area contributed by atoms with Crippen LogP contribution >= 0.6 is 0 Å².